The van der Waals surface area contributed by atoms with Gasteiger partial charge in [0.05, 0.1) is 12.5 Å². The highest BCUT2D eigenvalue weighted by molar-refractivity contribution is 7.09. The van der Waals surface area contributed by atoms with Crippen molar-refractivity contribution in [2.75, 3.05) is 18.5 Å². The maximum atomic E-state index is 10.7. The van der Waals surface area contributed by atoms with Gasteiger partial charge in [0.1, 0.15) is 5.82 Å². The summed E-state index contributed by atoms with van der Waals surface area (Å²) in [6.07, 6.45) is 1.52. The predicted octanol–water partition coefficient (Wildman–Crippen LogP) is 1.78. The van der Waals surface area contributed by atoms with Crippen LogP contribution >= 0.6 is 11.5 Å². The van der Waals surface area contributed by atoms with Crippen LogP contribution in [0.3, 0.4) is 0 Å². The van der Waals surface area contributed by atoms with Gasteiger partial charge in [-0.2, -0.15) is 4.37 Å². The molecule has 0 fully saturated rings. The fraction of sp³-hybridized carbons (Fsp3) is 0.727. The number of aryl methyl sites for hydroxylation is 1. The molecular formula is C11H19N3O3S. The number of hydrogen-bond donors (Lipinski definition) is 2. The lowest BCUT2D eigenvalue weighted by Crippen LogP contribution is -2.26. The van der Waals surface area contributed by atoms with E-state index in [1.54, 1.807) is 0 Å². The Morgan fingerprint density at radius 2 is 2.33 bits per heavy atom. The normalized spacial score (nSPS) is 12.3. The van der Waals surface area contributed by atoms with Crippen LogP contribution in [0, 0.1) is 0 Å². The van der Waals surface area contributed by atoms with Crippen molar-refractivity contribution < 1.29 is 14.6 Å². The Kier molecular flexibility index (Phi) is 6.59. The minimum atomic E-state index is -0.862. The summed E-state index contributed by atoms with van der Waals surface area (Å²) in [5, 5.41) is 12.5. The van der Waals surface area contributed by atoms with Crippen molar-refractivity contribution in [3.8, 4) is 0 Å². The van der Waals surface area contributed by atoms with Gasteiger partial charge in [0.25, 0.3) is 0 Å². The minimum Gasteiger partial charge on any atom is -0.481 e. The van der Waals surface area contributed by atoms with E-state index in [1.165, 1.54) is 11.5 Å². The summed E-state index contributed by atoms with van der Waals surface area (Å²) >= 11 is 1.29. The molecule has 1 rings (SSSR count). The molecule has 1 heterocycles. The first-order valence-corrected chi connectivity index (χ1v) is 6.82. The van der Waals surface area contributed by atoms with Crippen LogP contribution in [0.25, 0.3) is 0 Å². The predicted molar refractivity (Wildman–Crippen MR) is 70.1 cm³/mol. The Balaban J connectivity index is 2.42. The van der Waals surface area contributed by atoms with Crippen LogP contribution in [-0.4, -0.2) is 39.7 Å². The molecule has 2 N–H and O–H groups in total. The van der Waals surface area contributed by atoms with Crippen LogP contribution < -0.4 is 5.32 Å². The molecule has 0 aliphatic heterocycles. The molecule has 1 atom stereocenters. The number of nitrogens with zero attached hydrogens (tertiary/aromatic N) is 2. The van der Waals surface area contributed by atoms with Gasteiger partial charge >= 0.3 is 5.97 Å². The molecule has 0 spiro atoms. The molecule has 0 aromatic carbocycles. The van der Waals surface area contributed by atoms with E-state index in [-0.39, 0.29) is 12.5 Å². The van der Waals surface area contributed by atoms with Gasteiger partial charge in [0.15, 0.2) is 0 Å². The van der Waals surface area contributed by atoms with E-state index in [1.807, 2.05) is 6.92 Å². The molecule has 0 saturated carbocycles. The molecular weight excluding hydrogens is 254 g/mol. The summed E-state index contributed by atoms with van der Waals surface area (Å²) in [6.45, 7) is 4.85. The van der Waals surface area contributed by atoms with Crippen molar-refractivity contribution >= 4 is 22.6 Å². The lowest BCUT2D eigenvalue weighted by Gasteiger charge is -2.14. The van der Waals surface area contributed by atoms with Gasteiger partial charge in [-0.05, 0) is 13.3 Å². The van der Waals surface area contributed by atoms with Crippen LogP contribution in [-0.2, 0) is 16.0 Å². The minimum absolute atomic E-state index is 0.0124. The number of rotatable bonds is 9. The maximum absolute atomic E-state index is 10.7. The topological polar surface area (TPSA) is 84.3 Å². The second-order valence-electron chi connectivity index (χ2n) is 3.82. The molecule has 7 heteroatoms. The van der Waals surface area contributed by atoms with Gasteiger partial charge in [-0.15, -0.1) is 0 Å². The van der Waals surface area contributed by atoms with Crippen LogP contribution in [0.1, 0.15) is 32.5 Å². The van der Waals surface area contributed by atoms with Crippen LogP contribution in [0.4, 0.5) is 5.13 Å². The number of hydrogen-bond acceptors (Lipinski definition) is 6. The molecule has 102 valence electrons. The molecule has 18 heavy (non-hydrogen) atoms. The van der Waals surface area contributed by atoms with E-state index < -0.39 is 5.97 Å². The van der Waals surface area contributed by atoms with Gasteiger partial charge < -0.3 is 15.2 Å². The Hall–Kier alpha value is -1.21. The molecule has 1 unspecified atom stereocenters. The highest BCUT2D eigenvalue weighted by atomic mass is 32.1. The monoisotopic (exact) mass is 273 g/mol. The van der Waals surface area contributed by atoms with Crippen LogP contribution in [0.2, 0.25) is 0 Å². The van der Waals surface area contributed by atoms with Gasteiger partial charge in [0.2, 0.25) is 5.13 Å². The summed E-state index contributed by atoms with van der Waals surface area (Å²) in [7, 11) is 0. The number of carboxylic acid groups (broad SMARTS) is 1. The Morgan fingerprint density at radius 3 is 2.94 bits per heavy atom. The molecule has 1 aromatic heterocycles. The summed E-state index contributed by atoms with van der Waals surface area (Å²) in [5.41, 5.74) is 0. The zero-order chi connectivity index (χ0) is 13.4. The average Bonchev–Trinajstić information content (AvgIpc) is 2.74. The average molecular weight is 273 g/mol. The first-order valence-electron chi connectivity index (χ1n) is 6.05. The number of nitrogens with one attached hydrogen (secondary N) is 1. The fourth-order valence-electron chi connectivity index (χ4n) is 1.47. The summed E-state index contributed by atoms with van der Waals surface area (Å²) < 4.78 is 9.54. The number of ether oxygens (including phenoxy) is 1. The van der Waals surface area contributed by atoms with Crippen LogP contribution in [0.15, 0.2) is 0 Å². The molecule has 1 aromatic rings. The van der Waals surface area contributed by atoms with E-state index in [4.69, 9.17) is 9.84 Å². The van der Waals surface area contributed by atoms with Crippen molar-refractivity contribution in [1.29, 1.82) is 0 Å². The second-order valence-corrected chi connectivity index (χ2v) is 4.57. The molecule has 0 saturated heterocycles. The number of aromatic nitrogens is 2. The first kappa shape index (κ1) is 14.8. The fourth-order valence-corrected chi connectivity index (χ4v) is 2.09. The van der Waals surface area contributed by atoms with E-state index in [9.17, 15) is 4.79 Å². The van der Waals surface area contributed by atoms with E-state index in [0.717, 1.165) is 18.7 Å². The van der Waals surface area contributed by atoms with Crippen molar-refractivity contribution in [3.05, 3.63) is 5.82 Å². The second kappa shape index (κ2) is 7.99. The van der Waals surface area contributed by atoms with Crippen molar-refractivity contribution in [1.82, 2.24) is 9.36 Å². The lowest BCUT2D eigenvalue weighted by molar-refractivity contribution is -0.139. The number of anilines is 1. The number of carboxylic acids is 1. The summed E-state index contributed by atoms with van der Waals surface area (Å²) in [6, 6.07) is 0. The first-order chi connectivity index (χ1) is 8.65. The zero-order valence-electron chi connectivity index (χ0n) is 10.7. The number of aliphatic carboxylic acids is 1. The van der Waals surface area contributed by atoms with Crippen molar-refractivity contribution in [2.24, 2.45) is 0 Å². The standard InChI is InChI=1S/C11H19N3O3S/c1-3-5-9-13-11(18-14-9)12-7-8(17-4-2)6-10(15)16/h8H,3-7H2,1-2H3,(H,15,16)(H,12,13,14). The Morgan fingerprint density at radius 1 is 1.56 bits per heavy atom. The number of carbonyl (C=O) groups is 1. The molecule has 0 aliphatic carbocycles. The van der Waals surface area contributed by atoms with Gasteiger partial charge in [-0.1, -0.05) is 6.92 Å². The third kappa shape index (κ3) is 5.42. The quantitative estimate of drug-likeness (QED) is 0.713. The van der Waals surface area contributed by atoms with E-state index in [0.29, 0.717) is 18.3 Å². The van der Waals surface area contributed by atoms with Gasteiger partial charge in [-0.25, -0.2) is 4.98 Å². The highest BCUT2D eigenvalue weighted by Crippen LogP contribution is 2.12. The third-order valence-electron chi connectivity index (χ3n) is 2.23. The molecule has 0 radical (unpaired) electrons. The smallest absolute Gasteiger partial charge is 0.306 e. The van der Waals surface area contributed by atoms with Crippen LogP contribution in [0.5, 0.6) is 0 Å². The SMILES string of the molecule is CCCc1nsc(NCC(CC(=O)O)OCC)n1. The molecule has 0 amide bonds. The summed E-state index contributed by atoms with van der Waals surface area (Å²) in [4.78, 5) is 15.0. The maximum Gasteiger partial charge on any atom is 0.306 e. The summed E-state index contributed by atoms with van der Waals surface area (Å²) in [5.74, 6) is -0.0321. The van der Waals surface area contributed by atoms with Crippen molar-refractivity contribution in [3.63, 3.8) is 0 Å². The zero-order valence-corrected chi connectivity index (χ0v) is 11.5. The lowest BCUT2D eigenvalue weighted by atomic mass is 10.2. The Bertz CT molecular complexity index is 370. The van der Waals surface area contributed by atoms with E-state index in [2.05, 4.69) is 21.6 Å². The molecule has 0 aliphatic rings. The largest absolute Gasteiger partial charge is 0.481 e. The van der Waals surface area contributed by atoms with E-state index >= 15 is 0 Å². The van der Waals surface area contributed by atoms with Crippen molar-refractivity contribution in [2.45, 2.75) is 39.2 Å². The van der Waals surface area contributed by atoms with Gasteiger partial charge in [0, 0.05) is 31.1 Å². The third-order valence-corrected chi connectivity index (χ3v) is 2.94. The Labute approximate surface area is 111 Å². The highest BCUT2D eigenvalue weighted by Gasteiger charge is 2.14. The molecule has 0 bridgehead atoms. The van der Waals surface area contributed by atoms with Gasteiger partial charge in [-0.3, -0.25) is 4.79 Å². The molecule has 6 nitrogen and oxygen atoms in total.